The maximum absolute atomic E-state index is 12.4. The van der Waals surface area contributed by atoms with E-state index in [2.05, 4.69) is 20.4 Å². The second kappa shape index (κ2) is 6.45. The molecule has 0 bridgehead atoms. The zero-order valence-electron chi connectivity index (χ0n) is 13.2. The van der Waals surface area contributed by atoms with Gasteiger partial charge in [0.1, 0.15) is 0 Å². The summed E-state index contributed by atoms with van der Waals surface area (Å²) < 4.78 is 7.54. The molecule has 2 N–H and O–H groups in total. The molecule has 1 fully saturated rings. The van der Waals surface area contributed by atoms with Gasteiger partial charge in [0.2, 0.25) is 0 Å². The Kier molecular flexibility index (Phi) is 4.00. The molecule has 0 spiro atoms. The first kappa shape index (κ1) is 14.9. The van der Waals surface area contributed by atoms with Crippen LogP contribution in [0.25, 0.3) is 11.0 Å². The number of ether oxygens (including phenoxy) is 1. The number of imidazole rings is 1. The molecule has 1 aliphatic rings. The number of anilines is 1. The lowest BCUT2D eigenvalue weighted by molar-refractivity contribution is 0.00401. The Bertz CT molecular complexity index is 847. The first-order valence-corrected chi connectivity index (χ1v) is 8.16. The molecule has 1 saturated heterocycles. The number of benzene rings is 1. The van der Waals surface area contributed by atoms with E-state index >= 15 is 0 Å². The van der Waals surface area contributed by atoms with Gasteiger partial charge in [0.05, 0.1) is 41.9 Å². The minimum Gasteiger partial charge on any atom is -0.376 e. The van der Waals surface area contributed by atoms with Crippen LogP contribution < -0.4 is 5.32 Å². The Morgan fingerprint density at radius 1 is 1.42 bits per heavy atom. The smallest absolute Gasteiger partial charge is 0.255 e. The van der Waals surface area contributed by atoms with E-state index in [-0.39, 0.29) is 12.0 Å². The van der Waals surface area contributed by atoms with Crippen LogP contribution in [0, 0.1) is 0 Å². The summed E-state index contributed by atoms with van der Waals surface area (Å²) in [4.78, 5) is 19.5. The molecule has 3 aromatic rings. The molecule has 4 rings (SSSR count). The number of amides is 1. The van der Waals surface area contributed by atoms with Crippen molar-refractivity contribution in [2.75, 3.05) is 11.9 Å². The average molecular weight is 325 g/mol. The van der Waals surface area contributed by atoms with Crippen molar-refractivity contribution < 1.29 is 9.53 Å². The number of hydrogen-bond acceptors (Lipinski definition) is 4. The molecule has 1 amide bonds. The molecule has 0 aliphatic carbocycles. The zero-order chi connectivity index (χ0) is 16.4. The van der Waals surface area contributed by atoms with Gasteiger partial charge in [0.15, 0.2) is 0 Å². The maximum atomic E-state index is 12.4. The van der Waals surface area contributed by atoms with E-state index in [9.17, 15) is 4.79 Å². The summed E-state index contributed by atoms with van der Waals surface area (Å²) in [6, 6.07) is 5.38. The molecule has 7 nitrogen and oxygen atoms in total. The van der Waals surface area contributed by atoms with Crippen LogP contribution in [0.15, 0.2) is 36.9 Å². The lowest BCUT2D eigenvalue weighted by Gasteiger charge is -2.22. The highest BCUT2D eigenvalue weighted by Gasteiger charge is 2.15. The fraction of sp³-hybridized carbons (Fsp3) is 0.353. The van der Waals surface area contributed by atoms with Crippen molar-refractivity contribution in [3.63, 3.8) is 0 Å². The maximum Gasteiger partial charge on any atom is 0.255 e. The molecule has 0 radical (unpaired) electrons. The largest absolute Gasteiger partial charge is 0.376 e. The first-order valence-electron chi connectivity index (χ1n) is 8.16. The Morgan fingerprint density at radius 2 is 2.38 bits per heavy atom. The number of nitrogens with one attached hydrogen (secondary N) is 2. The van der Waals surface area contributed by atoms with Crippen LogP contribution in [-0.2, 0) is 11.3 Å². The van der Waals surface area contributed by atoms with Crippen LogP contribution in [0.5, 0.6) is 0 Å². The summed E-state index contributed by atoms with van der Waals surface area (Å²) >= 11 is 0. The molecule has 24 heavy (non-hydrogen) atoms. The van der Waals surface area contributed by atoms with E-state index in [1.807, 2.05) is 16.9 Å². The highest BCUT2D eigenvalue weighted by molar-refractivity contribution is 6.05. The molecule has 124 valence electrons. The summed E-state index contributed by atoms with van der Waals surface area (Å²) in [5, 5.41) is 7.18. The third kappa shape index (κ3) is 3.16. The van der Waals surface area contributed by atoms with Gasteiger partial charge in [-0.1, -0.05) is 0 Å². The lowest BCUT2D eigenvalue weighted by Crippen LogP contribution is -2.24. The van der Waals surface area contributed by atoms with E-state index in [0.29, 0.717) is 11.3 Å². The molecule has 3 heterocycles. The predicted molar refractivity (Wildman–Crippen MR) is 89.9 cm³/mol. The van der Waals surface area contributed by atoms with Gasteiger partial charge in [0, 0.05) is 18.4 Å². The molecule has 2 aromatic heterocycles. The number of carbonyl (C=O) groups excluding carboxylic acids is 1. The van der Waals surface area contributed by atoms with Crippen LogP contribution in [0.3, 0.4) is 0 Å². The molecule has 0 unspecified atom stereocenters. The number of aromatic nitrogens is 4. The molecule has 7 heteroatoms. The summed E-state index contributed by atoms with van der Waals surface area (Å²) in [6.45, 7) is 1.54. The number of aromatic amines is 1. The Morgan fingerprint density at radius 3 is 3.25 bits per heavy atom. The Balaban J connectivity index is 1.41. The van der Waals surface area contributed by atoms with Crippen molar-refractivity contribution in [1.29, 1.82) is 0 Å². The van der Waals surface area contributed by atoms with Crippen LogP contribution in [0.1, 0.15) is 29.6 Å². The number of H-pyrrole nitrogens is 1. The molecular weight excluding hydrogens is 306 g/mol. The van der Waals surface area contributed by atoms with Crippen molar-refractivity contribution in [2.24, 2.45) is 0 Å². The number of carbonyl (C=O) groups is 1. The normalized spacial score (nSPS) is 17.9. The predicted octanol–water partition coefficient (Wildman–Crippen LogP) is 2.58. The fourth-order valence-electron chi connectivity index (χ4n) is 2.97. The van der Waals surface area contributed by atoms with Crippen molar-refractivity contribution in [3.8, 4) is 0 Å². The van der Waals surface area contributed by atoms with E-state index in [1.165, 1.54) is 6.42 Å². The number of fused-ring (bicyclic) bond motifs is 1. The zero-order valence-corrected chi connectivity index (χ0v) is 13.2. The number of hydrogen-bond donors (Lipinski definition) is 2. The summed E-state index contributed by atoms with van der Waals surface area (Å²) in [5.74, 6) is -0.167. The second-order valence-electron chi connectivity index (χ2n) is 6.03. The van der Waals surface area contributed by atoms with E-state index < -0.39 is 0 Å². The van der Waals surface area contributed by atoms with Crippen LogP contribution >= 0.6 is 0 Å². The molecule has 1 atom stereocenters. The monoisotopic (exact) mass is 325 g/mol. The minimum atomic E-state index is -0.167. The summed E-state index contributed by atoms with van der Waals surface area (Å²) in [5.41, 5.74) is 2.94. The highest BCUT2D eigenvalue weighted by atomic mass is 16.5. The third-order valence-corrected chi connectivity index (χ3v) is 4.24. The van der Waals surface area contributed by atoms with Gasteiger partial charge in [-0.25, -0.2) is 4.98 Å². The minimum absolute atomic E-state index is 0.167. The van der Waals surface area contributed by atoms with Crippen molar-refractivity contribution in [2.45, 2.75) is 31.9 Å². The number of rotatable bonds is 4. The highest BCUT2D eigenvalue weighted by Crippen LogP contribution is 2.16. The van der Waals surface area contributed by atoms with Gasteiger partial charge in [0.25, 0.3) is 5.91 Å². The summed E-state index contributed by atoms with van der Waals surface area (Å²) in [7, 11) is 0. The van der Waals surface area contributed by atoms with Crippen LogP contribution in [-0.4, -0.2) is 38.4 Å². The topological polar surface area (TPSA) is 84.8 Å². The quantitative estimate of drug-likeness (QED) is 0.772. The van der Waals surface area contributed by atoms with Gasteiger partial charge >= 0.3 is 0 Å². The standard InChI is InChI=1S/C17H19N5O2/c23-17(12-4-5-15-16(7-12)19-11-18-15)21-13-8-20-22(9-13)10-14-3-1-2-6-24-14/h4-5,7-9,11,14H,1-3,6,10H2,(H,18,19)(H,21,23)/t14-/m1/s1. The van der Waals surface area contributed by atoms with Gasteiger partial charge in [-0.05, 0) is 37.5 Å². The van der Waals surface area contributed by atoms with E-state index in [1.54, 1.807) is 24.7 Å². The van der Waals surface area contributed by atoms with Crippen LogP contribution in [0.4, 0.5) is 5.69 Å². The van der Waals surface area contributed by atoms with Crippen LogP contribution in [0.2, 0.25) is 0 Å². The lowest BCUT2D eigenvalue weighted by atomic mass is 10.1. The molecule has 1 aliphatic heterocycles. The number of nitrogens with zero attached hydrogens (tertiary/aromatic N) is 3. The molecule has 1 aromatic carbocycles. The SMILES string of the molecule is O=C(Nc1cnn(C[C@H]2CCCCO2)c1)c1ccc2nc[nH]c2c1. The van der Waals surface area contributed by atoms with Gasteiger partial charge in [-0.3, -0.25) is 9.48 Å². The van der Waals surface area contributed by atoms with E-state index in [4.69, 9.17) is 4.74 Å². The van der Waals surface area contributed by atoms with Gasteiger partial charge < -0.3 is 15.0 Å². The van der Waals surface area contributed by atoms with Crippen molar-refractivity contribution in [1.82, 2.24) is 19.7 Å². The third-order valence-electron chi connectivity index (χ3n) is 4.24. The van der Waals surface area contributed by atoms with Gasteiger partial charge in [-0.2, -0.15) is 5.10 Å². The van der Waals surface area contributed by atoms with Crippen molar-refractivity contribution in [3.05, 3.63) is 42.5 Å². The Labute approximate surface area is 139 Å². The second-order valence-corrected chi connectivity index (χ2v) is 6.03. The Hall–Kier alpha value is -2.67. The summed E-state index contributed by atoms with van der Waals surface area (Å²) in [6.07, 6.45) is 8.73. The molecular formula is C17H19N5O2. The van der Waals surface area contributed by atoms with Gasteiger partial charge in [-0.15, -0.1) is 0 Å². The average Bonchev–Trinajstić information content (AvgIpc) is 3.24. The first-order chi connectivity index (χ1) is 11.8. The molecule has 0 saturated carbocycles. The fourth-order valence-corrected chi connectivity index (χ4v) is 2.97. The van der Waals surface area contributed by atoms with E-state index in [0.717, 1.165) is 37.0 Å². The van der Waals surface area contributed by atoms with Crippen molar-refractivity contribution >= 4 is 22.6 Å².